The Morgan fingerprint density at radius 2 is 1.93 bits per heavy atom. The minimum Gasteiger partial charge on any atom is -0.493 e. The number of rotatable bonds is 8. The van der Waals surface area contributed by atoms with Crippen LogP contribution in [0.25, 0.3) is 0 Å². The molecule has 3 rings (SSSR count). The molecule has 8 heteroatoms. The monoisotopic (exact) mass is 400 g/mol. The maximum Gasteiger partial charge on any atom is 0.387 e. The number of pyridine rings is 1. The summed E-state index contributed by atoms with van der Waals surface area (Å²) in [5, 5.41) is 2.73. The van der Waals surface area contributed by atoms with E-state index in [1.165, 1.54) is 25.3 Å². The fraction of sp³-hybridized carbons (Fsp3) is 0.143. The van der Waals surface area contributed by atoms with Gasteiger partial charge in [0.05, 0.1) is 12.8 Å². The fourth-order valence-electron chi connectivity index (χ4n) is 2.51. The van der Waals surface area contributed by atoms with Gasteiger partial charge in [0.1, 0.15) is 12.4 Å². The molecule has 0 bridgehead atoms. The highest BCUT2D eigenvalue weighted by Gasteiger charge is 2.14. The topological polar surface area (TPSA) is 69.7 Å². The quantitative estimate of drug-likeness (QED) is 0.602. The summed E-state index contributed by atoms with van der Waals surface area (Å²) < 4.78 is 39.9. The number of halogens is 2. The van der Waals surface area contributed by atoms with Crippen LogP contribution in [-0.2, 0) is 6.61 Å². The van der Waals surface area contributed by atoms with Crippen molar-refractivity contribution < 1.29 is 27.8 Å². The third kappa shape index (κ3) is 5.65. The van der Waals surface area contributed by atoms with Crippen LogP contribution in [0.15, 0.2) is 66.9 Å². The zero-order chi connectivity index (χ0) is 20.6. The molecule has 0 spiro atoms. The Hall–Kier alpha value is -3.68. The number of nitrogens with one attached hydrogen (secondary N) is 1. The Kier molecular flexibility index (Phi) is 6.57. The van der Waals surface area contributed by atoms with Crippen molar-refractivity contribution in [2.24, 2.45) is 0 Å². The van der Waals surface area contributed by atoms with Gasteiger partial charge in [-0.1, -0.05) is 12.1 Å². The van der Waals surface area contributed by atoms with Gasteiger partial charge < -0.3 is 19.5 Å². The molecule has 150 valence electrons. The minimum absolute atomic E-state index is 0.0328. The minimum atomic E-state index is -2.99. The number of ether oxygens (including phenoxy) is 3. The standard InChI is InChI=1S/C21H18F2N2O4/c1-27-19-11-14(8-9-18(19)29-21(22)23)20(26)25-15-6-4-7-17(12-15)28-13-16-5-2-3-10-24-16/h2-12,21H,13H2,1H3,(H,25,26). The van der Waals surface area contributed by atoms with Gasteiger partial charge in [-0.25, -0.2) is 0 Å². The van der Waals surface area contributed by atoms with Crippen LogP contribution < -0.4 is 19.5 Å². The summed E-state index contributed by atoms with van der Waals surface area (Å²) >= 11 is 0. The molecule has 3 aromatic rings. The van der Waals surface area contributed by atoms with Gasteiger partial charge in [0.15, 0.2) is 11.5 Å². The van der Waals surface area contributed by atoms with Gasteiger partial charge in [0.2, 0.25) is 0 Å². The SMILES string of the molecule is COc1cc(C(=O)Nc2cccc(OCc3ccccn3)c2)ccc1OC(F)F. The van der Waals surface area contributed by atoms with E-state index in [1.54, 1.807) is 30.5 Å². The maximum atomic E-state index is 12.5. The predicted molar refractivity (Wildman–Crippen MR) is 103 cm³/mol. The molecule has 1 amide bonds. The van der Waals surface area contributed by atoms with Crippen molar-refractivity contribution in [3.05, 3.63) is 78.1 Å². The van der Waals surface area contributed by atoms with Crippen molar-refractivity contribution in [3.8, 4) is 17.2 Å². The predicted octanol–water partition coefficient (Wildman–Crippen LogP) is 4.52. The average molecular weight is 400 g/mol. The van der Waals surface area contributed by atoms with Crippen molar-refractivity contribution in [1.29, 1.82) is 0 Å². The number of nitrogens with zero attached hydrogens (tertiary/aromatic N) is 1. The molecule has 2 aromatic carbocycles. The van der Waals surface area contributed by atoms with Crippen molar-refractivity contribution in [3.63, 3.8) is 0 Å². The highest BCUT2D eigenvalue weighted by atomic mass is 19.3. The van der Waals surface area contributed by atoms with Gasteiger partial charge in [0, 0.05) is 23.5 Å². The molecule has 1 N–H and O–H groups in total. The van der Waals surface area contributed by atoms with E-state index in [4.69, 9.17) is 9.47 Å². The number of amides is 1. The lowest BCUT2D eigenvalue weighted by Crippen LogP contribution is -2.12. The summed E-state index contributed by atoms with van der Waals surface area (Å²) in [6.45, 7) is -2.70. The molecule has 0 unspecified atom stereocenters. The molecule has 0 radical (unpaired) electrons. The zero-order valence-corrected chi connectivity index (χ0v) is 15.5. The molecule has 1 heterocycles. The van der Waals surface area contributed by atoms with E-state index in [9.17, 15) is 13.6 Å². The lowest BCUT2D eigenvalue weighted by atomic mass is 10.2. The van der Waals surface area contributed by atoms with Crippen LogP contribution >= 0.6 is 0 Å². The highest BCUT2D eigenvalue weighted by Crippen LogP contribution is 2.30. The first-order chi connectivity index (χ1) is 14.0. The van der Waals surface area contributed by atoms with Crippen LogP contribution in [0.2, 0.25) is 0 Å². The Morgan fingerprint density at radius 3 is 2.66 bits per heavy atom. The molecule has 0 aliphatic carbocycles. The van der Waals surface area contributed by atoms with E-state index in [0.717, 1.165) is 5.69 Å². The number of hydrogen-bond acceptors (Lipinski definition) is 5. The van der Waals surface area contributed by atoms with Crippen molar-refractivity contribution in [2.45, 2.75) is 13.2 Å². The summed E-state index contributed by atoms with van der Waals surface area (Å²) in [5.74, 6) is 0.00912. The Labute approximate surface area is 166 Å². The highest BCUT2D eigenvalue weighted by molar-refractivity contribution is 6.04. The average Bonchev–Trinajstić information content (AvgIpc) is 2.73. The number of carbonyl (C=O) groups excluding carboxylic acids is 1. The second kappa shape index (κ2) is 9.50. The zero-order valence-electron chi connectivity index (χ0n) is 15.5. The van der Waals surface area contributed by atoms with E-state index < -0.39 is 12.5 Å². The summed E-state index contributed by atoms with van der Waals surface area (Å²) in [6, 6.07) is 16.4. The summed E-state index contributed by atoms with van der Waals surface area (Å²) in [7, 11) is 1.30. The van der Waals surface area contributed by atoms with Crippen LogP contribution in [0.3, 0.4) is 0 Å². The lowest BCUT2D eigenvalue weighted by Gasteiger charge is -2.12. The van der Waals surface area contributed by atoms with Gasteiger partial charge in [-0.05, 0) is 42.5 Å². The summed E-state index contributed by atoms with van der Waals surface area (Å²) in [6.07, 6.45) is 1.68. The van der Waals surface area contributed by atoms with E-state index >= 15 is 0 Å². The van der Waals surface area contributed by atoms with Crippen molar-refractivity contribution in [2.75, 3.05) is 12.4 Å². The van der Waals surface area contributed by atoms with E-state index in [-0.39, 0.29) is 17.1 Å². The summed E-state index contributed by atoms with van der Waals surface area (Å²) in [4.78, 5) is 16.7. The molecule has 0 fully saturated rings. The number of carbonyl (C=O) groups is 1. The first kappa shape index (κ1) is 20.1. The number of aromatic nitrogens is 1. The Morgan fingerprint density at radius 1 is 1.07 bits per heavy atom. The number of alkyl halides is 2. The second-order valence-electron chi connectivity index (χ2n) is 5.84. The first-order valence-electron chi connectivity index (χ1n) is 8.62. The summed E-state index contributed by atoms with van der Waals surface area (Å²) in [5.41, 5.74) is 1.52. The lowest BCUT2D eigenvalue weighted by molar-refractivity contribution is -0.0512. The molecule has 0 atom stereocenters. The second-order valence-corrected chi connectivity index (χ2v) is 5.84. The number of methoxy groups -OCH3 is 1. The van der Waals surface area contributed by atoms with Crippen LogP contribution in [-0.4, -0.2) is 24.6 Å². The molecule has 0 saturated heterocycles. The van der Waals surface area contributed by atoms with Crippen LogP contribution in [0, 0.1) is 0 Å². The van der Waals surface area contributed by atoms with Crippen LogP contribution in [0.1, 0.15) is 16.1 Å². The van der Waals surface area contributed by atoms with Crippen LogP contribution in [0.5, 0.6) is 17.2 Å². The Bertz CT molecular complexity index is 968. The van der Waals surface area contributed by atoms with E-state index in [2.05, 4.69) is 15.0 Å². The largest absolute Gasteiger partial charge is 0.493 e. The third-order valence-corrected chi connectivity index (χ3v) is 3.85. The van der Waals surface area contributed by atoms with Gasteiger partial charge >= 0.3 is 6.61 Å². The maximum absolute atomic E-state index is 12.5. The smallest absolute Gasteiger partial charge is 0.387 e. The molecule has 0 saturated carbocycles. The number of benzene rings is 2. The molecular weight excluding hydrogens is 382 g/mol. The van der Waals surface area contributed by atoms with Gasteiger partial charge in [-0.15, -0.1) is 0 Å². The van der Waals surface area contributed by atoms with E-state index in [0.29, 0.717) is 18.0 Å². The number of hydrogen-bond donors (Lipinski definition) is 1. The van der Waals surface area contributed by atoms with Gasteiger partial charge in [0.25, 0.3) is 5.91 Å². The molecule has 0 aliphatic rings. The van der Waals surface area contributed by atoms with Crippen molar-refractivity contribution >= 4 is 11.6 Å². The van der Waals surface area contributed by atoms with Gasteiger partial charge in [-0.2, -0.15) is 8.78 Å². The number of anilines is 1. The molecule has 29 heavy (non-hydrogen) atoms. The molecular formula is C21H18F2N2O4. The van der Waals surface area contributed by atoms with Crippen LogP contribution in [0.4, 0.5) is 14.5 Å². The third-order valence-electron chi connectivity index (χ3n) is 3.85. The van der Waals surface area contributed by atoms with Crippen molar-refractivity contribution in [1.82, 2.24) is 4.98 Å². The Balaban J connectivity index is 1.67. The molecule has 6 nitrogen and oxygen atoms in total. The van der Waals surface area contributed by atoms with E-state index in [1.807, 2.05) is 18.2 Å². The fourth-order valence-corrected chi connectivity index (χ4v) is 2.51. The normalized spacial score (nSPS) is 10.5. The molecule has 0 aliphatic heterocycles. The van der Waals surface area contributed by atoms with Gasteiger partial charge in [-0.3, -0.25) is 9.78 Å². The first-order valence-corrected chi connectivity index (χ1v) is 8.62. The molecule has 1 aromatic heterocycles.